The summed E-state index contributed by atoms with van der Waals surface area (Å²) in [6.07, 6.45) is 1.35. The molecule has 0 fully saturated rings. The van der Waals surface area contributed by atoms with Crippen molar-refractivity contribution in [3.63, 3.8) is 0 Å². The Morgan fingerprint density at radius 1 is 1.26 bits per heavy atom. The number of benzene rings is 1. The summed E-state index contributed by atoms with van der Waals surface area (Å²) in [5.74, 6) is -0.660. The SMILES string of the molecule is CC(=O)N[C@H](C)c1ccc(NC(=O)c2ccc(Cl)nc2)c(O)c1. The average Bonchev–Trinajstić information content (AvgIpc) is 2.49. The van der Waals surface area contributed by atoms with Crippen LogP contribution in [-0.2, 0) is 4.79 Å². The highest BCUT2D eigenvalue weighted by Crippen LogP contribution is 2.27. The number of hydrogen-bond donors (Lipinski definition) is 3. The lowest BCUT2D eigenvalue weighted by molar-refractivity contribution is -0.119. The average molecular weight is 334 g/mol. The summed E-state index contributed by atoms with van der Waals surface area (Å²) < 4.78 is 0. The van der Waals surface area contributed by atoms with E-state index < -0.39 is 5.91 Å². The molecule has 23 heavy (non-hydrogen) atoms. The Bertz CT molecular complexity index is 732. The number of hydrogen-bond acceptors (Lipinski definition) is 4. The van der Waals surface area contributed by atoms with Gasteiger partial charge in [0.05, 0.1) is 17.3 Å². The van der Waals surface area contributed by atoms with Crippen molar-refractivity contribution in [2.24, 2.45) is 0 Å². The number of nitrogens with one attached hydrogen (secondary N) is 2. The minimum absolute atomic E-state index is 0.0880. The Kier molecular flexibility index (Phi) is 5.18. The smallest absolute Gasteiger partial charge is 0.257 e. The molecule has 0 bridgehead atoms. The van der Waals surface area contributed by atoms with Crippen LogP contribution in [0.4, 0.5) is 5.69 Å². The van der Waals surface area contributed by atoms with Crippen LogP contribution >= 0.6 is 11.6 Å². The largest absolute Gasteiger partial charge is 0.506 e. The van der Waals surface area contributed by atoms with Crippen molar-refractivity contribution in [3.05, 3.63) is 52.8 Å². The van der Waals surface area contributed by atoms with Crippen LogP contribution in [0.3, 0.4) is 0 Å². The first-order chi connectivity index (χ1) is 10.9. The van der Waals surface area contributed by atoms with E-state index >= 15 is 0 Å². The fourth-order valence-electron chi connectivity index (χ4n) is 2.02. The van der Waals surface area contributed by atoms with Gasteiger partial charge in [-0.3, -0.25) is 9.59 Å². The van der Waals surface area contributed by atoms with Crippen molar-refractivity contribution in [2.45, 2.75) is 19.9 Å². The van der Waals surface area contributed by atoms with E-state index in [2.05, 4.69) is 15.6 Å². The summed E-state index contributed by atoms with van der Waals surface area (Å²) >= 11 is 5.67. The number of aromatic nitrogens is 1. The zero-order valence-corrected chi connectivity index (χ0v) is 13.4. The molecule has 0 unspecified atom stereocenters. The van der Waals surface area contributed by atoms with Gasteiger partial charge in [-0.15, -0.1) is 0 Å². The molecular formula is C16H16ClN3O3. The highest BCUT2D eigenvalue weighted by atomic mass is 35.5. The van der Waals surface area contributed by atoms with Crippen molar-refractivity contribution < 1.29 is 14.7 Å². The number of carbonyl (C=O) groups is 2. The van der Waals surface area contributed by atoms with Crippen LogP contribution in [0.5, 0.6) is 5.75 Å². The van der Waals surface area contributed by atoms with Crippen molar-refractivity contribution in [3.8, 4) is 5.75 Å². The molecule has 7 heteroatoms. The minimum Gasteiger partial charge on any atom is -0.506 e. The molecule has 6 nitrogen and oxygen atoms in total. The predicted octanol–water partition coefficient (Wildman–Crippen LogP) is 2.89. The number of nitrogens with zero attached hydrogens (tertiary/aromatic N) is 1. The van der Waals surface area contributed by atoms with Crippen LogP contribution in [0.2, 0.25) is 5.15 Å². The van der Waals surface area contributed by atoms with E-state index in [1.807, 2.05) is 0 Å². The van der Waals surface area contributed by atoms with Gasteiger partial charge in [-0.25, -0.2) is 4.98 Å². The number of halogens is 1. The van der Waals surface area contributed by atoms with E-state index in [9.17, 15) is 14.7 Å². The Morgan fingerprint density at radius 3 is 2.57 bits per heavy atom. The molecule has 0 aliphatic heterocycles. The fraction of sp³-hybridized carbons (Fsp3) is 0.188. The number of carbonyl (C=O) groups excluding carboxylic acids is 2. The van der Waals surface area contributed by atoms with Gasteiger partial charge < -0.3 is 15.7 Å². The number of rotatable bonds is 4. The van der Waals surface area contributed by atoms with Gasteiger partial charge in [0, 0.05) is 13.1 Å². The van der Waals surface area contributed by atoms with Crippen molar-refractivity contribution in [2.75, 3.05) is 5.32 Å². The topological polar surface area (TPSA) is 91.3 Å². The Morgan fingerprint density at radius 2 is 2.00 bits per heavy atom. The van der Waals surface area contributed by atoms with E-state index in [-0.39, 0.29) is 23.4 Å². The molecule has 2 rings (SSSR count). The Balaban J connectivity index is 2.13. The van der Waals surface area contributed by atoms with E-state index in [0.717, 1.165) is 5.56 Å². The molecule has 0 aliphatic carbocycles. The fourth-order valence-corrected chi connectivity index (χ4v) is 2.13. The van der Waals surface area contributed by atoms with Gasteiger partial charge in [0.1, 0.15) is 10.9 Å². The van der Waals surface area contributed by atoms with Crippen LogP contribution < -0.4 is 10.6 Å². The van der Waals surface area contributed by atoms with Crippen molar-refractivity contribution in [1.29, 1.82) is 0 Å². The molecular weight excluding hydrogens is 318 g/mol. The number of pyridine rings is 1. The summed E-state index contributed by atoms with van der Waals surface area (Å²) in [7, 11) is 0. The first kappa shape index (κ1) is 16.8. The molecule has 1 aromatic carbocycles. The maximum Gasteiger partial charge on any atom is 0.257 e. The van der Waals surface area contributed by atoms with Crippen LogP contribution in [0.15, 0.2) is 36.5 Å². The minimum atomic E-state index is -0.410. The first-order valence-electron chi connectivity index (χ1n) is 6.89. The van der Waals surface area contributed by atoms with E-state index in [0.29, 0.717) is 10.7 Å². The van der Waals surface area contributed by atoms with Crippen LogP contribution in [0, 0.1) is 0 Å². The highest BCUT2D eigenvalue weighted by molar-refractivity contribution is 6.29. The molecule has 0 spiro atoms. The number of amides is 2. The lowest BCUT2D eigenvalue weighted by Crippen LogP contribution is -2.23. The summed E-state index contributed by atoms with van der Waals surface area (Å²) in [6.45, 7) is 3.22. The lowest BCUT2D eigenvalue weighted by Gasteiger charge is -2.15. The highest BCUT2D eigenvalue weighted by Gasteiger charge is 2.12. The molecule has 1 heterocycles. The maximum absolute atomic E-state index is 12.1. The van der Waals surface area contributed by atoms with Gasteiger partial charge in [-0.2, -0.15) is 0 Å². The molecule has 1 atom stereocenters. The van der Waals surface area contributed by atoms with Gasteiger partial charge in [-0.05, 0) is 36.8 Å². The van der Waals surface area contributed by atoms with E-state index in [1.54, 1.807) is 19.1 Å². The molecule has 2 aromatic rings. The van der Waals surface area contributed by atoms with Crippen LogP contribution in [0.25, 0.3) is 0 Å². The molecule has 0 saturated heterocycles. The third-order valence-electron chi connectivity index (χ3n) is 3.18. The Hall–Kier alpha value is -2.60. The zero-order chi connectivity index (χ0) is 17.0. The normalized spacial score (nSPS) is 11.6. The number of aromatic hydroxyl groups is 1. The third-order valence-corrected chi connectivity index (χ3v) is 3.40. The third kappa shape index (κ3) is 4.43. The lowest BCUT2D eigenvalue weighted by atomic mass is 10.1. The quantitative estimate of drug-likeness (QED) is 0.592. The number of anilines is 1. The number of phenolic OH excluding ortho intramolecular Hbond substituents is 1. The van der Waals surface area contributed by atoms with Crippen molar-refractivity contribution >= 4 is 29.1 Å². The van der Waals surface area contributed by atoms with Gasteiger partial charge in [0.2, 0.25) is 5.91 Å². The maximum atomic E-state index is 12.1. The van der Waals surface area contributed by atoms with Crippen LogP contribution in [-0.4, -0.2) is 21.9 Å². The second kappa shape index (κ2) is 7.11. The second-order valence-corrected chi connectivity index (χ2v) is 5.41. The van der Waals surface area contributed by atoms with Gasteiger partial charge in [0.25, 0.3) is 5.91 Å². The summed E-state index contributed by atoms with van der Waals surface area (Å²) in [4.78, 5) is 27.0. The number of phenols is 1. The molecule has 120 valence electrons. The van der Waals surface area contributed by atoms with Gasteiger partial charge in [-0.1, -0.05) is 17.7 Å². The summed E-state index contributed by atoms with van der Waals surface area (Å²) in [5, 5.41) is 15.7. The van der Waals surface area contributed by atoms with Gasteiger partial charge >= 0.3 is 0 Å². The molecule has 2 amide bonds. The molecule has 0 radical (unpaired) electrons. The summed E-state index contributed by atoms with van der Waals surface area (Å²) in [5.41, 5.74) is 1.32. The van der Waals surface area contributed by atoms with Gasteiger partial charge in [0.15, 0.2) is 0 Å². The van der Waals surface area contributed by atoms with Crippen molar-refractivity contribution in [1.82, 2.24) is 10.3 Å². The predicted molar refractivity (Wildman–Crippen MR) is 87.5 cm³/mol. The first-order valence-corrected chi connectivity index (χ1v) is 7.27. The Labute approximate surface area is 138 Å². The zero-order valence-electron chi connectivity index (χ0n) is 12.6. The standard InChI is InChI=1S/C16H16ClN3O3/c1-9(19-10(2)21)11-3-5-13(14(22)7-11)20-16(23)12-4-6-15(17)18-8-12/h3-9,22H,1-2H3,(H,19,21)(H,20,23)/t9-/m1/s1. The molecule has 0 saturated carbocycles. The molecule has 3 N–H and O–H groups in total. The van der Waals surface area contributed by atoms with Crippen LogP contribution in [0.1, 0.15) is 35.8 Å². The molecule has 1 aromatic heterocycles. The second-order valence-electron chi connectivity index (χ2n) is 5.02. The molecule has 0 aliphatic rings. The van der Waals surface area contributed by atoms with E-state index in [1.165, 1.54) is 31.3 Å². The summed E-state index contributed by atoms with van der Waals surface area (Å²) in [6, 6.07) is 7.59. The van der Waals surface area contributed by atoms with E-state index in [4.69, 9.17) is 11.6 Å². The monoisotopic (exact) mass is 333 g/mol.